The Labute approximate surface area is 116 Å². The Kier molecular flexibility index (Phi) is 4.73. The first kappa shape index (κ1) is 14.9. The highest BCUT2D eigenvalue weighted by Gasteiger charge is 2.18. The van der Waals surface area contributed by atoms with Crippen LogP contribution in [0.1, 0.15) is 25.2 Å². The van der Waals surface area contributed by atoms with E-state index in [9.17, 15) is 8.78 Å². The summed E-state index contributed by atoms with van der Waals surface area (Å²) in [5, 5.41) is 3.67. The van der Waals surface area contributed by atoms with Gasteiger partial charge in [0.15, 0.2) is 11.4 Å². The van der Waals surface area contributed by atoms with Gasteiger partial charge in [-0.1, -0.05) is 13.8 Å². The molecule has 0 saturated heterocycles. The van der Waals surface area contributed by atoms with Crippen molar-refractivity contribution in [3.05, 3.63) is 35.1 Å². The zero-order chi connectivity index (χ0) is 14.7. The number of hydrogen-bond donors (Lipinski definition) is 1. The lowest BCUT2D eigenvalue weighted by molar-refractivity contribution is 0.183. The zero-order valence-electron chi connectivity index (χ0n) is 11.9. The molecular weight excluding hydrogens is 264 g/mol. The van der Waals surface area contributed by atoms with Crippen LogP contribution in [0, 0.1) is 17.6 Å². The Morgan fingerprint density at radius 1 is 1.30 bits per heavy atom. The first-order valence-corrected chi connectivity index (χ1v) is 6.61. The lowest BCUT2D eigenvalue weighted by atomic mass is 10.1. The minimum atomic E-state index is -0.688. The van der Waals surface area contributed by atoms with Crippen molar-refractivity contribution in [3.63, 3.8) is 0 Å². The van der Waals surface area contributed by atoms with Gasteiger partial charge in [-0.05, 0) is 18.5 Å². The predicted octanol–water partition coefficient (Wildman–Crippen LogP) is 3.60. The maximum Gasteiger partial charge on any atom is 0.170 e. The van der Waals surface area contributed by atoms with Crippen molar-refractivity contribution in [2.45, 2.75) is 27.0 Å². The smallest absolute Gasteiger partial charge is 0.170 e. The normalized spacial score (nSPS) is 11.7. The molecule has 1 aromatic carbocycles. The predicted molar refractivity (Wildman–Crippen MR) is 73.4 cm³/mol. The highest BCUT2D eigenvalue weighted by Crippen LogP contribution is 2.29. The molecule has 0 radical (unpaired) electrons. The molecule has 1 aromatic heterocycles. The number of hydrogen-bond acceptors (Lipinski definition) is 3. The number of fused-ring (bicyclic) bond motifs is 1. The molecule has 0 aliphatic carbocycles. The van der Waals surface area contributed by atoms with Crippen LogP contribution < -0.4 is 5.32 Å². The van der Waals surface area contributed by atoms with E-state index in [1.807, 2.05) is 0 Å². The van der Waals surface area contributed by atoms with Crippen LogP contribution in [0.5, 0.6) is 0 Å². The van der Waals surface area contributed by atoms with Crippen LogP contribution in [0.25, 0.3) is 11.0 Å². The maximum absolute atomic E-state index is 13.7. The van der Waals surface area contributed by atoms with Crippen LogP contribution in [-0.4, -0.2) is 13.7 Å². The van der Waals surface area contributed by atoms with Gasteiger partial charge in [0.2, 0.25) is 0 Å². The van der Waals surface area contributed by atoms with Crippen molar-refractivity contribution in [2.75, 3.05) is 13.7 Å². The minimum Gasteiger partial charge on any atom is -0.456 e. The van der Waals surface area contributed by atoms with E-state index in [0.29, 0.717) is 29.2 Å². The molecule has 0 aliphatic heterocycles. The number of methoxy groups -OCH3 is 1. The van der Waals surface area contributed by atoms with E-state index in [4.69, 9.17) is 9.15 Å². The molecule has 0 bridgehead atoms. The van der Waals surface area contributed by atoms with Gasteiger partial charge in [-0.3, -0.25) is 0 Å². The van der Waals surface area contributed by atoms with Gasteiger partial charge in [-0.2, -0.15) is 0 Å². The Morgan fingerprint density at radius 2 is 2.05 bits per heavy atom. The van der Waals surface area contributed by atoms with Crippen molar-refractivity contribution in [3.8, 4) is 0 Å². The molecule has 2 rings (SSSR count). The molecule has 5 heteroatoms. The van der Waals surface area contributed by atoms with Gasteiger partial charge in [0.1, 0.15) is 11.6 Å². The second-order valence-electron chi connectivity index (χ2n) is 5.23. The molecule has 0 aliphatic rings. The summed E-state index contributed by atoms with van der Waals surface area (Å²) in [6.07, 6.45) is 0. The van der Waals surface area contributed by atoms with Crippen molar-refractivity contribution in [1.82, 2.24) is 5.32 Å². The summed E-state index contributed by atoms with van der Waals surface area (Å²) in [4.78, 5) is 0. The maximum atomic E-state index is 13.7. The van der Waals surface area contributed by atoms with Crippen molar-refractivity contribution >= 4 is 11.0 Å². The van der Waals surface area contributed by atoms with E-state index in [0.717, 1.165) is 12.6 Å². The summed E-state index contributed by atoms with van der Waals surface area (Å²) in [5.41, 5.74) is 0.775. The van der Waals surface area contributed by atoms with Crippen LogP contribution in [0.15, 0.2) is 16.5 Å². The van der Waals surface area contributed by atoms with E-state index in [2.05, 4.69) is 19.2 Å². The van der Waals surface area contributed by atoms with Gasteiger partial charge in [-0.25, -0.2) is 8.78 Å². The van der Waals surface area contributed by atoms with Crippen molar-refractivity contribution < 1.29 is 17.9 Å². The third-order valence-corrected chi connectivity index (χ3v) is 3.02. The van der Waals surface area contributed by atoms with Crippen LogP contribution in [0.4, 0.5) is 8.78 Å². The van der Waals surface area contributed by atoms with Gasteiger partial charge in [0.25, 0.3) is 0 Å². The summed E-state index contributed by atoms with van der Waals surface area (Å²) < 4.78 is 37.7. The van der Waals surface area contributed by atoms with Crippen LogP contribution in [0.2, 0.25) is 0 Å². The lowest BCUT2D eigenvalue weighted by Crippen LogP contribution is -2.19. The molecule has 0 spiro atoms. The summed E-state index contributed by atoms with van der Waals surface area (Å²) in [7, 11) is 1.54. The van der Waals surface area contributed by atoms with Crippen LogP contribution in [-0.2, 0) is 17.9 Å². The average Bonchev–Trinajstić information content (AvgIpc) is 2.69. The van der Waals surface area contributed by atoms with Crippen LogP contribution in [0.3, 0.4) is 0 Å². The molecule has 1 heterocycles. The summed E-state index contributed by atoms with van der Waals surface area (Å²) >= 11 is 0. The van der Waals surface area contributed by atoms with Gasteiger partial charge in [-0.15, -0.1) is 0 Å². The Balaban J connectivity index is 2.37. The van der Waals surface area contributed by atoms with E-state index in [-0.39, 0.29) is 12.2 Å². The fourth-order valence-electron chi connectivity index (χ4n) is 2.14. The highest BCUT2D eigenvalue weighted by atomic mass is 19.1. The molecule has 0 saturated carbocycles. The van der Waals surface area contributed by atoms with E-state index in [1.54, 1.807) is 7.11 Å². The molecule has 110 valence electrons. The van der Waals surface area contributed by atoms with Gasteiger partial charge >= 0.3 is 0 Å². The first-order valence-electron chi connectivity index (χ1n) is 6.61. The number of nitrogens with one attached hydrogen (secondary N) is 1. The molecular formula is C15H19F2NO2. The molecule has 0 unspecified atom stereocenters. The summed E-state index contributed by atoms with van der Waals surface area (Å²) in [6, 6.07) is 2.11. The Morgan fingerprint density at radius 3 is 2.70 bits per heavy atom. The molecule has 20 heavy (non-hydrogen) atoms. The average molecular weight is 283 g/mol. The van der Waals surface area contributed by atoms with Gasteiger partial charge in [0, 0.05) is 24.1 Å². The fourth-order valence-corrected chi connectivity index (χ4v) is 2.14. The fraction of sp³-hybridized carbons (Fsp3) is 0.467. The van der Waals surface area contributed by atoms with E-state index in [1.165, 1.54) is 6.07 Å². The third kappa shape index (κ3) is 3.16. The topological polar surface area (TPSA) is 34.4 Å². The monoisotopic (exact) mass is 283 g/mol. The Bertz CT molecular complexity index is 593. The Hall–Kier alpha value is -1.46. The third-order valence-electron chi connectivity index (χ3n) is 3.02. The quantitative estimate of drug-likeness (QED) is 0.879. The molecule has 3 nitrogen and oxygen atoms in total. The van der Waals surface area contributed by atoms with Crippen molar-refractivity contribution in [1.29, 1.82) is 0 Å². The number of rotatable bonds is 6. The molecule has 0 fully saturated rings. The number of ether oxygens (including phenoxy) is 1. The molecule has 1 N–H and O–H groups in total. The molecule has 2 aromatic rings. The largest absolute Gasteiger partial charge is 0.456 e. The number of halogens is 2. The number of benzene rings is 1. The second kappa shape index (κ2) is 6.33. The SMILES string of the molecule is COCc1c(CNCC(C)C)oc2c(F)cc(F)cc12. The molecule has 0 atom stereocenters. The van der Waals surface area contributed by atoms with Crippen molar-refractivity contribution in [2.24, 2.45) is 5.92 Å². The summed E-state index contributed by atoms with van der Waals surface area (Å²) in [5.74, 6) is -0.214. The van der Waals surface area contributed by atoms with Gasteiger partial charge < -0.3 is 14.5 Å². The summed E-state index contributed by atoms with van der Waals surface area (Å²) in [6.45, 7) is 5.73. The first-order chi connectivity index (χ1) is 9.52. The van der Waals surface area contributed by atoms with Crippen LogP contribution >= 0.6 is 0 Å². The van der Waals surface area contributed by atoms with Gasteiger partial charge in [0.05, 0.1) is 13.2 Å². The number of furan rings is 1. The van der Waals surface area contributed by atoms with E-state index >= 15 is 0 Å². The standard InChI is InChI=1S/C15H19F2NO2/c1-9(2)6-18-7-14-12(8-19-3)11-4-10(16)5-13(17)15(11)20-14/h4-5,9,18H,6-8H2,1-3H3. The molecule has 0 amide bonds. The highest BCUT2D eigenvalue weighted by molar-refractivity contribution is 5.82. The van der Waals surface area contributed by atoms with E-state index < -0.39 is 11.6 Å². The second-order valence-corrected chi connectivity index (χ2v) is 5.23. The minimum absolute atomic E-state index is 0.0831. The lowest BCUT2D eigenvalue weighted by Gasteiger charge is -2.07. The zero-order valence-corrected chi connectivity index (χ0v) is 11.9.